The van der Waals surface area contributed by atoms with Crippen molar-refractivity contribution in [1.82, 2.24) is 10.2 Å². The minimum Gasteiger partial charge on any atom is -0.372 e. The molecule has 1 aliphatic heterocycles. The molecule has 0 aromatic carbocycles. The molecule has 3 nitrogen and oxygen atoms in total. The molecule has 3 atom stereocenters. The predicted molar refractivity (Wildman–Crippen MR) is 78.0 cm³/mol. The Labute approximate surface area is 113 Å². The van der Waals surface area contributed by atoms with Crippen molar-refractivity contribution in [2.24, 2.45) is 0 Å². The van der Waals surface area contributed by atoms with Crippen molar-refractivity contribution in [2.75, 3.05) is 19.6 Å². The molecule has 0 spiro atoms. The average molecular weight is 256 g/mol. The Morgan fingerprint density at radius 1 is 1.17 bits per heavy atom. The van der Waals surface area contributed by atoms with Crippen LogP contribution in [-0.4, -0.2) is 48.8 Å². The molecule has 0 bridgehead atoms. The summed E-state index contributed by atoms with van der Waals surface area (Å²) in [5.74, 6) is 0. The highest BCUT2D eigenvalue weighted by Gasteiger charge is 2.27. The molecule has 0 aromatic heterocycles. The Balaban J connectivity index is 2.28. The maximum Gasteiger partial charge on any atom is 0.0707 e. The summed E-state index contributed by atoms with van der Waals surface area (Å²) < 4.78 is 6.13. The monoisotopic (exact) mass is 256 g/mol. The first-order chi connectivity index (χ1) is 8.56. The van der Waals surface area contributed by atoms with Gasteiger partial charge in [-0.25, -0.2) is 0 Å². The first-order valence-corrected chi connectivity index (χ1v) is 7.69. The summed E-state index contributed by atoms with van der Waals surface area (Å²) in [5, 5.41) is 3.47. The van der Waals surface area contributed by atoms with Gasteiger partial charge in [0.05, 0.1) is 12.2 Å². The Bertz CT molecular complexity index is 221. The van der Waals surface area contributed by atoms with Crippen LogP contribution in [0.1, 0.15) is 53.9 Å². The van der Waals surface area contributed by atoms with Gasteiger partial charge in [-0.3, -0.25) is 4.90 Å². The van der Waals surface area contributed by atoms with Crippen molar-refractivity contribution < 1.29 is 4.74 Å². The van der Waals surface area contributed by atoms with Gasteiger partial charge in [-0.2, -0.15) is 0 Å². The van der Waals surface area contributed by atoms with E-state index < -0.39 is 0 Å². The van der Waals surface area contributed by atoms with Crippen molar-refractivity contribution >= 4 is 0 Å². The van der Waals surface area contributed by atoms with Gasteiger partial charge < -0.3 is 10.1 Å². The van der Waals surface area contributed by atoms with Gasteiger partial charge in [0.15, 0.2) is 0 Å². The summed E-state index contributed by atoms with van der Waals surface area (Å²) in [7, 11) is 0. The van der Waals surface area contributed by atoms with Crippen LogP contribution in [0.5, 0.6) is 0 Å². The standard InChI is InChI=1S/C15H32N2O/c1-6-13(5)17(7-2)11-15-9-8-14(18-15)10-16-12(3)4/h12-16H,6-11H2,1-5H3. The van der Waals surface area contributed by atoms with Crippen LogP contribution in [0.25, 0.3) is 0 Å². The van der Waals surface area contributed by atoms with E-state index >= 15 is 0 Å². The molecule has 3 heteroatoms. The minimum absolute atomic E-state index is 0.424. The van der Waals surface area contributed by atoms with Crippen molar-refractivity contribution in [3.63, 3.8) is 0 Å². The van der Waals surface area contributed by atoms with E-state index in [1.165, 1.54) is 19.3 Å². The predicted octanol–water partition coefficient (Wildman–Crippen LogP) is 2.65. The lowest BCUT2D eigenvalue weighted by molar-refractivity contribution is 0.0160. The molecule has 0 aliphatic carbocycles. The molecular formula is C15H32N2O. The number of nitrogens with one attached hydrogen (secondary N) is 1. The van der Waals surface area contributed by atoms with E-state index in [2.05, 4.69) is 44.8 Å². The van der Waals surface area contributed by atoms with Gasteiger partial charge in [0, 0.05) is 25.2 Å². The van der Waals surface area contributed by atoms with Crippen LogP contribution >= 0.6 is 0 Å². The summed E-state index contributed by atoms with van der Waals surface area (Å²) in [4.78, 5) is 2.54. The van der Waals surface area contributed by atoms with Gasteiger partial charge in [-0.05, 0) is 32.7 Å². The van der Waals surface area contributed by atoms with E-state index in [9.17, 15) is 0 Å². The fourth-order valence-electron chi connectivity index (χ4n) is 2.57. The lowest BCUT2D eigenvalue weighted by Crippen LogP contribution is -2.39. The number of likely N-dealkylation sites (N-methyl/N-ethyl adjacent to an activating group) is 1. The van der Waals surface area contributed by atoms with E-state index in [4.69, 9.17) is 4.74 Å². The molecule has 1 rings (SSSR count). The fourth-order valence-corrected chi connectivity index (χ4v) is 2.57. The van der Waals surface area contributed by atoms with E-state index in [1.807, 2.05) is 0 Å². The van der Waals surface area contributed by atoms with E-state index in [0.717, 1.165) is 19.6 Å². The van der Waals surface area contributed by atoms with Gasteiger partial charge in [-0.1, -0.05) is 27.7 Å². The van der Waals surface area contributed by atoms with E-state index in [1.54, 1.807) is 0 Å². The SMILES string of the molecule is CCC(C)N(CC)CC1CCC(CNC(C)C)O1. The van der Waals surface area contributed by atoms with Crippen LogP contribution in [0.2, 0.25) is 0 Å². The van der Waals surface area contributed by atoms with Crippen LogP contribution in [0.15, 0.2) is 0 Å². The highest BCUT2D eigenvalue weighted by Crippen LogP contribution is 2.21. The summed E-state index contributed by atoms with van der Waals surface area (Å²) in [6.45, 7) is 14.4. The molecule has 1 aliphatic rings. The smallest absolute Gasteiger partial charge is 0.0707 e. The van der Waals surface area contributed by atoms with E-state index in [-0.39, 0.29) is 0 Å². The third-order valence-electron chi connectivity index (χ3n) is 4.01. The zero-order chi connectivity index (χ0) is 13.5. The number of hydrogen-bond donors (Lipinski definition) is 1. The highest BCUT2D eigenvalue weighted by atomic mass is 16.5. The molecule has 0 radical (unpaired) electrons. The fraction of sp³-hybridized carbons (Fsp3) is 1.00. The third kappa shape index (κ3) is 5.25. The largest absolute Gasteiger partial charge is 0.372 e. The Hall–Kier alpha value is -0.120. The lowest BCUT2D eigenvalue weighted by atomic mass is 10.1. The average Bonchev–Trinajstić information content (AvgIpc) is 2.80. The molecule has 1 fully saturated rings. The topological polar surface area (TPSA) is 24.5 Å². The maximum absolute atomic E-state index is 6.13. The summed E-state index contributed by atoms with van der Waals surface area (Å²) in [6, 6.07) is 1.23. The minimum atomic E-state index is 0.424. The zero-order valence-corrected chi connectivity index (χ0v) is 12.9. The molecule has 108 valence electrons. The zero-order valence-electron chi connectivity index (χ0n) is 12.9. The van der Waals surface area contributed by atoms with Gasteiger partial charge >= 0.3 is 0 Å². The second-order valence-electron chi connectivity index (χ2n) is 5.87. The summed E-state index contributed by atoms with van der Waals surface area (Å²) in [6.07, 6.45) is 4.52. The third-order valence-corrected chi connectivity index (χ3v) is 4.01. The molecular weight excluding hydrogens is 224 g/mol. The molecule has 0 saturated carbocycles. The Morgan fingerprint density at radius 2 is 1.83 bits per heavy atom. The second-order valence-corrected chi connectivity index (χ2v) is 5.87. The van der Waals surface area contributed by atoms with Crippen molar-refractivity contribution in [3.05, 3.63) is 0 Å². The Morgan fingerprint density at radius 3 is 2.39 bits per heavy atom. The van der Waals surface area contributed by atoms with Gasteiger partial charge in [0.2, 0.25) is 0 Å². The number of ether oxygens (including phenoxy) is 1. The molecule has 1 N–H and O–H groups in total. The molecule has 1 saturated heterocycles. The quantitative estimate of drug-likeness (QED) is 0.722. The molecule has 3 unspecified atom stereocenters. The number of rotatable bonds is 8. The van der Waals surface area contributed by atoms with Crippen LogP contribution < -0.4 is 5.32 Å². The van der Waals surface area contributed by atoms with Crippen molar-refractivity contribution in [1.29, 1.82) is 0 Å². The molecule has 0 aromatic rings. The molecule has 18 heavy (non-hydrogen) atoms. The number of nitrogens with zero attached hydrogens (tertiary/aromatic N) is 1. The number of hydrogen-bond acceptors (Lipinski definition) is 3. The second kappa shape index (κ2) is 8.13. The van der Waals surface area contributed by atoms with Gasteiger partial charge in [0.1, 0.15) is 0 Å². The lowest BCUT2D eigenvalue weighted by Gasteiger charge is -2.29. The molecule has 0 amide bonds. The van der Waals surface area contributed by atoms with Gasteiger partial charge in [0.25, 0.3) is 0 Å². The highest BCUT2D eigenvalue weighted by molar-refractivity contribution is 4.79. The van der Waals surface area contributed by atoms with Crippen LogP contribution in [-0.2, 0) is 4.74 Å². The van der Waals surface area contributed by atoms with Crippen molar-refractivity contribution in [2.45, 2.75) is 78.2 Å². The summed E-state index contributed by atoms with van der Waals surface area (Å²) >= 11 is 0. The molecule has 1 heterocycles. The van der Waals surface area contributed by atoms with Crippen LogP contribution in [0, 0.1) is 0 Å². The summed E-state index contributed by atoms with van der Waals surface area (Å²) in [5.41, 5.74) is 0. The normalized spacial score (nSPS) is 26.2. The Kier molecular flexibility index (Phi) is 7.20. The van der Waals surface area contributed by atoms with Crippen LogP contribution in [0.4, 0.5) is 0 Å². The first kappa shape index (κ1) is 15.9. The maximum atomic E-state index is 6.13. The van der Waals surface area contributed by atoms with Gasteiger partial charge in [-0.15, -0.1) is 0 Å². The first-order valence-electron chi connectivity index (χ1n) is 7.69. The van der Waals surface area contributed by atoms with Crippen LogP contribution in [0.3, 0.4) is 0 Å². The van der Waals surface area contributed by atoms with Crippen molar-refractivity contribution in [3.8, 4) is 0 Å². The van der Waals surface area contributed by atoms with E-state index in [0.29, 0.717) is 24.3 Å².